The van der Waals surface area contributed by atoms with E-state index in [0.29, 0.717) is 55.5 Å². The lowest BCUT2D eigenvalue weighted by atomic mass is 9.92. The molecule has 346 valence electrons. The molecule has 5 N–H and O–H groups in total. The molecule has 0 spiro atoms. The van der Waals surface area contributed by atoms with Gasteiger partial charge in [0.1, 0.15) is 23.5 Å². The highest BCUT2D eigenvalue weighted by molar-refractivity contribution is 6.38. The lowest BCUT2D eigenvalue weighted by Gasteiger charge is -2.31. The summed E-state index contributed by atoms with van der Waals surface area (Å²) in [6.45, 7) is 6.21. The van der Waals surface area contributed by atoms with E-state index in [1.807, 2.05) is 20.8 Å². The van der Waals surface area contributed by atoms with Crippen molar-refractivity contribution in [3.05, 3.63) is 80.9 Å². The molecule has 4 unspecified atom stereocenters. The molecule has 3 fully saturated rings. The monoisotopic (exact) mass is 917 g/mol. The summed E-state index contributed by atoms with van der Waals surface area (Å²) >= 11 is 6.87. The molecule has 2 aliphatic carbocycles. The Morgan fingerprint density at radius 2 is 1.66 bits per heavy atom. The van der Waals surface area contributed by atoms with Crippen LogP contribution in [0, 0.1) is 23.6 Å². The lowest BCUT2D eigenvalue weighted by Crippen LogP contribution is -2.52. The highest BCUT2D eigenvalue weighted by Gasteiger charge is 2.65. The van der Waals surface area contributed by atoms with Crippen LogP contribution in [0.25, 0.3) is 10.9 Å². The van der Waals surface area contributed by atoms with Crippen molar-refractivity contribution in [1.29, 1.82) is 0 Å². The van der Waals surface area contributed by atoms with E-state index in [1.54, 1.807) is 33.7 Å². The fourth-order valence-electron chi connectivity index (χ4n) is 9.07. The van der Waals surface area contributed by atoms with Gasteiger partial charge in [-0.25, -0.2) is 14.0 Å². The number of hydrogen-bond acceptors (Lipinski definition) is 10. The SMILES string of the molecule is CC(NC(=O)OCc1ccc(NC(=O)CNC(=O)C2(NC(=O)CCCCCN3C(=O)C=CC3=O)C(C)C2C)cc1)C1CCN(c2c(F)cc3c(=O)c(C(=O)O)cn(C4CCC4)c3c2Cl)C1. The van der Waals surface area contributed by atoms with Crippen LogP contribution in [0.5, 0.6) is 0 Å². The standard InChI is InChI=1S/C46H53ClFN7O10/c1-25-26(2)46(25,52-35(56)10-5-4-6-18-54-37(58)15-16-38(54)59)44(63)49-21-36(57)51-30-13-11-28(12-14-30)24-65-45(64)50-27(3)29-17-19-53(22-29)41-34(48)20-32-40(39(41)47)55(31-8-7-9-31)23-33(42(32)60)43(61)62/h11-16,20,23,25-27,29,31H,4-10,17-19,21-22,24H2,1-3H3,(H,49,63)(H,50,64)(H,51,57)(H,52,56)(H,61,62). The molecule has 0 bridgehead atoms. The number of carboxylic acids is 1. The third-order valence-corrected chi connectivity index (χ3v) is 13.8. The first-order chi connectivity index (χ1) is 31.0. The zero-order chi connectivity index (χ0) is 46.7. The molecule has 2 saturated carbocycles. The number of nitrogens with zero attached hydrogens (tertiary/aromatic N) is 3. The number of unbranched alkanes of at least 4 members (excludes halogenated alkanes) is 2. The van der Waals surface area contributed by atoms with Crippen molar-refractivity contribution in [2.24, 2.45) is 17.8 Å². The van der Waals surface area contributed by atoms with E-state index in [1.165, 1.54) is 18.3 Å². The van der Waals surface area contributed by atoms with Gasteiger partial charge in [-0.2, -0.15) is 0 Å². The van der Waals surface area contributed by atoms with Crippen molar-refractivity contribution in [1.82, 2.24) is 25.4 Å². The second-order valence-corrected chi connectivity index (χ2v) is 17.9. The highest BCUT2D eigenvalue weighted by Crippen LogP contribution is 2.50. The molecule has 7 rings (SSSR count). The van der Waals surface area contributed by atoms with Crippen LogP contribution in [0.4, 0.5) is 20.6 Å². The lowest BCUT2D eigenvalue weighted by molar-refractivity contribution is -0.137. The van der Waals surface area contributed by atoms with E-state index in [-0.39, 0.29) is 89.8 Å². The van der Waals surface area contributed by atoms with Gasteiger partial charge in [-0.3, -0.25) is 33.7 Å². The molecular formula is C46H53ClFN7O10. The number of imide groups is 1. The molecule has 1 aromatic heterocycles. The maximum atomic E-state index is 15.7. The number of fused-ring (bicyclic) bond motifs is 1. The zero-order valence-corrected chi connectivity index (χ0v) is 37.2. The number of halogens is 2. The average Bonchev–Trinajstić information content (AvgIpc) is 3.56. The Labute approximate surface area is 379 Å². The Hall–Kier alpha value is -6.30. The minimum atomic E-state index is -1.39. The molecular weight excluding hydrogens is 865 g/mol. The third kappa shape index (κ3) is 9.87. The van der Waals surface area contributed by atoms with Crippen LogP contribution in [0.2, 0.25) is 5.02 Å². The van der Waals surface area contributed by atoms with Gasteiger partial charge in [0.2, 0.25) is 23.2 Å². The quantitative estimate of drug-likeness (QED) is 0.0840. The first kappa shape index (κ1) is 46.7. The average molecular weight is 918 g/mol. The van der Waals surface area contributed by atoms with Crippen molar-refractivity contribution in [3.8, 4) is 0 Å². The number of amides is 6. The van der Waals surface area contributed by atoms with Crippen LogP contribution in [0.1, 0.15) is 94.1 Å². The fourth-order valence-corrected chi connectivity index (χ4v) is 9.48. The van der Waals surface area contributed by atoms with Crippen molar-refractivity contribution < 1.29 is 47.8 Å². The van der Waals surface area contributed by atoms with E-state index in [9.17, 15) is 43.5 Å². The normalized spacial score (nSPS) is 21.8. The highest BCUT2D eigenvalue weighted by atomic mass is 35.5. The van der Waals surface area contributed by atoms with Gasteiger partial charge in [0, 0.05) is 62.2 Å². The predicted octanol–water partition coefficient (Wildman–Crippen LogP) is 5.04. The Balaban J connectivity index is 0.835. The molecule has 2 aromatic carbocycles. The van der Waals surface area contributed by atoms with Gasteiger partial charge in [-0.15, -0.1) is 0 Å². The summed E-state index contributed by atoms with van der Waals surface area (Å²) in [6.07, 6.45) is 8.08. The number of alkyl carbamates (subject to hydrolysis) is 1. The van der Waals surface area contributed by atoms with Gasteiger partial charge in [0.25, 0.3) is 11.8 Å². The summed E-state index contributed by atoms with van der Waals surface area (Å²) in [5, 5.41) is 20.7. The van der Waals surface area contributed by atoms with Crippen LogP contribution in [-0.4, -0.2) is 93.9 Å². The first-order valence-electron chi connectivity index (χ1n) is 22.0. The van der Waals surface area contributed by atoms with Crippen LogP contribution < -0.4 is 31.6 Å². The number of carbonyl (C=O) groups is 7. The molecule has 4 atom stereocenters. The number of aromatic nitrogens is 1. The van der Waals surface area contributed by atoms with E-state index in [2.05, 4.69) is 21.3 Å². The summed E-state index contributed by atoms with van der Waals surface area (Å²) in [5.41, 5.74) is -0.833. The van der Waals surface area contributed by atoms with Crippen LogP contribution in [0.3, 0.4) is 0 Å². The van der Waals surface area contributed by atoms with Gasteiger partial charge < -0.3 is 40.6 Å². The maximum absolute atomic E-state index is 15.7. The van der Waals surface area contributed by atoms with E-state index in [4.69, 9.17) is 16.3 Å². The molecule has 0 radical (unpaired) electrons. The van der Waals surface area contributed by atoms with Gasteiger partial charge in [-0.1, -0.05) is 44.0 Å². The van der Waals surface area contributed by atoms with Gasteiger partial charge in [0.05, 0.1) is 28.2 Å². The molecule has 3 heterocycles. The Bertz CT molecular complexity index is 2480. The van der Waals surface area contributed by atoms with Gasteiger partial charge >= 0.3 is 12.1 Å². The number of rotatable bonds is 18. The minimum Gasteiger partial charge on any atom is -0.477 e. The van der Waals surface area contributed by atoms with E-state index in [0.717, 1.165) is 30.2 Å². The zero-order valence-electron chi connectivity index (χ0n) is 36.4. The van der Waals surface area contributed by atoms with Crippen LogP contribution >= 0.6 is 11.6 Å². The maximum Gasteiger partial charge on any atom is 0.407 e. The second-order valence-electron chi connectivity index (χ2n) is 17.5. The number of nitrogens with one attached hydrogen (secondary N) is 4. The molecule has 17 nitrogen and oxygen atoms in total. The summed E-state index contributed by atoms with van der Waals surface area (Å²) in [5.74, 6) is -4.43. The van der Waals surface area contributed by atoms with E-state index >= 15 is 4.39 Å². The topological polar surface area (TPSA) is 226 Å². The molecule has 3 aromatic rings. The number of benzene rings is 2. The summed E-state index contributed by atoms with van der Waals surface area (Å²) in [4.78, 5) is 103. The smallest absolute Gasteiger partial charge is 0.407 e. The summed E-state index contributed by atoms with van der Waals surface area (Å²) in [7, 11) is 0. The van der Waals surface area contributed by atoms with Crippen molar-refractivity contribution >= 4 is 75.5 Å². The van der Waals surface area contributed by atoms with Gasteiger partial charge in [-0.05, 0) is 87.0 Å². The number of anilines is 2. The number of pyridine rings is 1. The first-order valence-corrected chi connectivity index (χ1v) is 22.4. The molecule has 65 heavy (non-hydrogen) atoms. The van der Waals surface area contributed by atoms with Gasteiger partial charge in [0.15, 0.2) is 0 Å². The second kappa shape index (κ2) is 19.4. The number of carboxylic acid groups (broad SMARTS) is 1. The van der Waals surface area contributed by atoms with Crippen molar-refractivity contribution in [2.75, 3.05) is 36.4 Å². The Kier molecular flexibility index (Phi) is 14.0. The number of ether oxygens (including phenoxy) is 1. The largest absolute Gasteiger partial charge is 0.477 e. The van der Waals surface area contributed by atoms with Crippen molar-refractivity contribution in [3.63, 3.8) is 0 Å². The summed E-state index contributed by atoms with van der Waals surface area (Å²) in [6, 6.07) is 7.27. The Morgan fingerprint density at radius 1 is 0.969 bits per heavy atom. The number of aromatic carboxylic acids is 1. The van der Waals surface area contributed by atoms with E-state index < -0.39 is 46.2 Å². The fraction of sp³-hybridized carbons (Fsp3) is 0.478. The Morgan fingerprint density at radius 3 is 2.29 bits per heavy atom. The number of hydrogen-bond donors (Lipinski definition) is 5. The van der Waals surface area contributed by atoms with Crippen LogP contribution in [-0.2, 0) is 35.3 Å². The van der Waals surface area contributed by atoms with Crippen molar-refractivity contribution in [2.45, 2.75) is 96.4 Å². The molecule has 6 amide bonds. The molecule has 1 saturated heterocycles. The minimum absolute atomic E-state index is 0.0431. The molecule has 2 aliphatic heterocycles. The summed E-state index contributed by atoms with van der Waals surface area (Å²) < 4.78 is 22.9. The molecule has 19 heteroatoms. The molecule has 4 aliphatic rings. The number of carbonyl (C=O) groups excluding carboxylic acids is 6. The van der Waals surface area contributed by atoms with Crippen LogP contribution in [0.15, 0.2) is 53.5 Å². The third-order valence-electron chi connectivity index (χ3n) is 13.5. The predicted molar refractivity (Wildman–Crippen MR) is 238 cm³/mol.